The maximum absolute atomic E-state index is 14.3. The Morgan fingerprint density at radius 1 is 0.266 bits per heavy atom. The van der Waals surface area contributed by atoms with E-state index in [2.05, 4.69) is 13.8 Å². The molecule has 0 saturated heterocycles. The zero-order valence-electron chi connectivity index (χ0n) is 57.7. The Bertz CT molecular complexity index is 3390. The second-order valence-corrected chi connectivity index (χ2v) is 27.4. The van der Waals surface area contributed by atoms with E-state index >= 15 is 0 Å². The summed E-state index contributed by atoms with van der Waals surface area (Å²) in [5.41, 5.74) is 1.59. The number of ketones is 2. The fraction of sp³-hybridized carbons (Fsp3) is 0.575. The van der Waals surface area contributed by atoms with Crippen LogP contribution in [0.4, 0.5) is 0 Å². The number of amides is 8. The molecule has 0 bridgehead atoms. The third-order valence-electron chi connectivity index (χ3n) is 21.3. The van der Waals surface area contributed by atoms with Gasteiger partial charge in [-0.1, -0.05) is 246 Å². The zero-order valence-corrected chi connectivity index (χ0v) is 57.7. The highest BCUT2D eigenvalue weighted by Crippen LogP contribution is 2.41. The maximum atomic E-state index is 14.3. The first-order valence-electron chi connectivity index (χ1n) is 36.7. The Hall–Kier alpha value is -7.22. The van der Waals surface area contributed by atoms with Crippen molar-refractivity contribution in [2.45, 2.75) is 284 Å². The van der Waals surface area contributed by atoms with Crippen molar-refractivity contribution in [1.82, 2.24) is 19.6 Å². The molecule has 14 heteroatoms. The van der Waals surface area contributed by atoms with Crippen LogP contribution in [0, 0.1) is 0 Å². The number of unbranched alkanes of at least 4 members (excludes halogenated alkanes) is 27. The number of benzene rings is 4. The fourth-order valence-electron chi connectivity index (χ4n) is 15.1. The number of rotatable bonds is 45. The zero-order chi connectivity index (χ0) is 67.4. The van der Waals surface area contributed by atoms with Gasteiger partial charge in [-0.2, -0.15) is 0 Å². The quantitative estimate of drug-likeness (QED) is 0.0234. The molecule has 0 fully saturated rings. The highest BCUT2D eigenvalue weighted by atomic mass is 16.2. The summed E-state index contributed by atoms with van der Waals surface area (Å²) in [5, 5.41) is 0. The monoisotopic (exact) mass is 1280 g/mol. The second-order valence-electron chi connectivity index (χ2n) is 27.4. The molecule has 4 aliphatic heterocycles. The van der Waals surface area contributed by atoms with Crippen LogP contribution in [0.2, 0.25) is 0 Å². The molecule has 4 aromatic carbocycles. The van der Waals surface area contributed by atoms with Crippen LogP contribution in [0.25, 0.3) is 0 Å². The lowest BCUT2D eigenvalue weighted by Gasteiger charge is -2.39. The van der Waals surface area contributed by atoms with Gasteiger partial charge >= 0.3 is 0 Å². The number of hydrogen-bond donors (Lipinski definition) is 0. The summed E-state index contributed by atoms with van der Waals surface area (Å²) in [4.78, 5) is 144. The van der Waals surface area contributed by atoms with E-state index in [1.807, 2.05) is 27.7 Å². The smallest absolute Gasteiger partial charge is 0.262 e. The van der Waals surface area contributed by atoms with Crippen LogP contribution >= 0.6 is 0 Å². The van der Waals surface area contributed by atoms with Crippen LogP contribution in [-0.2, 0) is 0 Å². The average molecular weight is 1280 g/mol. The van der Waals surface area contributed by atoms with E-state index in [4.69, 9.17) is 0 Å². The molecule has 14 nitrogen and oxygen atoms in total. The standard InChI is InChI=1S/C80H106N4O10/c1-7-13-15-17-19-21-25-29-33-37-49-79(9-3,10-4)83-75(91)63-47-43-59(55-67(63)77(83)93)70(86)58-42-46-62-66(54-58)74(90)82(72(62)88)52-40-36-32-28-24-23-26-30-34-38-50-80(11-5,12-6)84-76(92)64-48-44-60(56-68(64)78(84)94)69(85)57-41-45-61-65(53-57)73(89)81(71(61)87)51-39-35-31-27-22-20-18-16-14-8-2/h41-48,53-56H,7-40,49-52H2,1-6H3. The Morgan fingerprint density at radius 3 is 0.745 bits per heavy atom. The van der Waals surface area contributed by atoms with Crippen molar-refractivity contribution >= 4 is 58.8 Å². The number of hydrogen-bond acceptors (Lipinski definition) is 10. The van der Waals surface area contributed by atoms with Gasteiger partial charge in [0, 0.05) is 35.3 Å². The molecule has 8 rings (SSSR count). The molecule has 0 spiro atoms. The normalized spacial score (nSPS) is 14.6. The number of nitrogens with zero attached hydrogens (tertiary/aromatic N) is 4. The van der Waals surface area contributed by atoms with Crippen LogP contribution < -0.4 is 0 Å². The summed E-state index contributed by atoms with van der Waals surface area (Å²) in [5.74, 6) is -3.77. The Balaban J connectivity index is 0.726. The lowest BCUT2D eigenvalue weighted by molar-refractivity contribution is 0.0354. The molecule has 94 heavy (non-hydrogen) atoms. The van der Waals surface area contributed by atoms with Gasteiger partial charge in [0.1, 0.15) is 0 Å². The van der Waals surface area contributed by atoms with E-state index < -0.39 is 40.4 Å². The summed E-state index contributed by atoms with van der Waals surface area (Å²) in [6, 6.07) is 18.5. The first-order valence-corrected chi connectivity index (χ1v) is 36.7. The van der Waals surface area contributed by atoms with Gasteiger partial charge in [0.05, 0.1) is 55.6 Å². The number of carbonyl (C=O) groups excluding carboxylic acids is 10. The van der Waals surface area contributed by atoms with E-state index in [0.29, 0.717) is 50.6 Å². The van der Waals surface area contributed by atoms with Gasteiger partial charge in [0.25, 0.3) is 47.3 Å². The van der Waals surface area contributed by atoms with Crippen LogP contribution in [0.5, 0.6) is 0 Å². The summed E-state index contributed by atoms with van der Waals surface area (Å²) < 4.78 is 0. The van der Waals surface area contributed by atoms with E-state index in [1.165, 1.54) is 133 Å². The fourth-order valence-corrected chi connectivity index (χ4v) is 15.1. The molecular formula is C80H106N4O10. The molecule has 0 atom stereocenters. The first-order chi connectivity index (χ1) is 45.6. The molecule has 4 aliphatic rings. The molecule has 0 N–H and O–H groups in total. The SMILES string of the molecule is CCCCCCCCCCCCN1C(=O)c2ccc(C(=O)c3ccc4c(c3)C(=O)N(C(CC)(CC)CCCCCCCCCCCCN3C(=O)c5ccc(C(=O)c6ccc7c(c6)C(=O)N(C(CC)(CC)CCCCCCCCCCCC)C7=O)cc5C3=O)C4=O)cc2C1=O. The molecule has 0 aliphatic carbocycles. The third-order valence-corrected chi connectivity index (χ3v) is 21.3. The van der Waals surface area contributed by atoms with E-state index in [-0.39, 0.29) is 97.3 Å². The topological polar surface area (TPSA) is 184 Å². The minimum atomic E-state index is -0.678. The minimum Gasteiger partial charge on any atom is -0.289 e. The van der Waals surface area contributed by atoms with Crippen LogP contribution in [0.3, 0.4) is 0 Å². The highest BCUT2D eigenvalue weighted by molar-refractivity contribution is 6.26. The van der Waals surface area contributed by atoms with E-state index in [9.17, 15) is 47.9 Å². The molecule has 8 amide bonds. The van der Waals surface area contributed by atoms with Crippen molar-refractivity contribution in [1.29, 1.82) is 0 Å². The predicted molar refractivity (Wildman–Crippen MR) is 370 cm³/mol. The van der Waals surface area contributed by atoms with Gasteiger partial charge in [-0.25, -0.2) is 0 Å². The Labute approximate surface area is 560 Å². The lowest BCUT2D eigenvalue weighted by Crippen LogP contribution is -2.51. The van der Waals surface area contributed by atoms with Gasteiger partial charge in [-0.15, -0.1) is 0 Å². The number of imide groups is 4. The van der Waals surface area contributed by atoms with Crippen molar-refractivity contribution in [2.24, 2.45) is 0 Å². The lowest BCUT2D eigenvalue weighted by atomic mass is 9.84. The molecule has 0 unspecified atom stereocenters. The van der Waals surface area contributed by atoms with Gasteiger partial charge in [-0.3, -0.25) is 67.5 Å². The summed E-state index contributed by atoms with van der Waals surface area (Å²) in [6.07, 6.45) is 36.9. The van der Waals surface area contributed by atoms with Crippen molar-refractivity contribution in [3.8, 4) is 0 Å². The largest absolute Gasteiger partial charge is 0.289 e. The molecule has 506 valence electrons. The first kappa shape index (κ1) is 72.6. The molecule has 0 radical (unpaired) electrons. The van der Waals surface area contributed by atoms with Gasteiger partial charge in [-0.05, 0) is 99.9 Å². The number of carbonyl (C=O) groups is 10. The van der Waals surface area contributed by atoms with Gasteiger partial charge < -0.3 is 0 Å². The third kappa shape index (κ3) is 16.5. The molecule has 0 aromatic heterocycles. The van der Waals surface area contributed by atoms with Crippen molar-refractivity contribution < 1.29 is 47.9 Å². The van der Waals surface area contributed by atoms with Crippen molar-refractivity contribution in [2.75, 3.05) is 13.1 Å². The number of fused-ring (bicyclic) bond motifs is 4. The van der Waals surface area contributed by atoms with Crippen molar-refractivity contribution in [3.63, 3.8) is 0 Å². The molecule has 0 saturated carbocycles. The van der Waals surface area contributed by atoms with Crippen LogP contribution in [0.15, 0.2) is 72.8 Å². The summed E-state index contributed by atoms with van der Waals surface area (Å²) >= 11 is 0. The van der Waals surface area contributed by atoms with Gasteiger partial charge in [0.2, 0.25) is 0 Å². The highest BCUT2D eigenvalue weighted by Gasteiger charge is 2.49. The van der Waals surface area contributed by atoms with E-state index in [0.717, 1.165) is 109 Å². The maximum Gasteiger partial charge on any atom is 0.262 e. The predicted octanol–water partition coefficient (Wildman–Crippen LogP) is 18.9. The van der Waals surface area contributed by atoms with Crippen LogP contribution in [-0.4, -0.2) is 103 Å². The average Bonchev–Trinajstić information content (AvgIpc) is 1.61. The summed E-state index contributed by atoms with van der Waals surface area (Å²) in [7, 11) is 0. The molecule has 4 aromatic rings. The molecule has 4 heterocycles. The minimum absolute atomic E-state index is 0.190. The Kier molecular flexibility index (Phi) is 27.0. The second kappa shape index (κ2) is 35.0. The molecular weight excluding hydrogens is 1180 g/mol. The van der Waals surface area contributed by atoms with Crippen molar-refractivity contribution in [3.05, 3.63) is 140 Å². The summed E-state index contributed by atoms with van der Waals surface area (Å²) in [6.45, 7) is 13.2. The Morgan fingerprint density at radius 2 is 0.479 bits per heavy atom. The van der Waals surface area contributed by atoms with Crippen LogP contribution in [0.1, 0.15) is 387 Å². The van der Waals surface area contributed by atoms with E-state index in [1.54, 1.807) is 42.5 Å². The van der Waals surface area contributed by atoms with Gasteiger partial charge in [0.15, 0.2) is 11.6 Å².